The molecule has 1 saturated heterocycles. The van der Waals surface area contributed by atoms with Crippen molar-refractivity contribution < 1.29 is 13.2 Å². The number of benzene rings is 3. The molecule has 38 heavy (non-hydrogen) atoms. The van der Waals surface area contributed by atoms with Gasteiger partial charge in [0.15, 0.2) is 0 Å². The first-order valence-corrected chi connectivity index (χ1v) is 13.1. The van der Waals surface area contributed by atoms with Crippen molar-refractivity contribution in [3.63, 3.8) is 0 Å². The predicted molar refractivity (Wildman–Crippen MR) is 142 cm³/mol. The molecular weight excluding hydrogens is 489 g/mol. The van der Waals surface area contributed by atoms with Gasteiger partial charge in [0, 0.05) is 55.4 Å². The SMILES string of the molecule is O=c1n(CCCCN2CC[C@@H]3[C@@H](C2)c2cc(F)ccc2N3c2ccc(F)cc2)ccn1-c1ccc(F)cc1. The summed E-state index contributed by atoms with van der Waals surface area (Å²) in [6.45, 7) is 3.27. The molecule has 0 unspecified atom stereocenters. The van der Waals surface area contributed by atoms with E-state index in [-0.39, 0.29) is 35.1 Å². The fraction of sp³-hybridized carbons (Fsp3) is 0.300. The van der Waals surface area contributed by atoms with Crippen molar-refractivity contribution in [1.29, 1.82) is 0 Å². The number of hydrogen-bond acceptors (Lipinski definition) is 3. The van der Waals surface area contributed by atoms with Crippen LogP contribution in [0.3, 0.4) is 0 Å². The smallest absolute Gasteiger partial charge is 0.332 e. The number of unbranched alkanes of at least 4 members (excludes halogenated alkanes) is 1. The van der Waals surface area contributed by atoms with Gasteiger partial charge in [-0.15, -0.1) is 0 Å². The Hall–Kier alpha value is -3.78. The van der Waals surface area contributed by atoms with E-state index < -0.39 is 0 Å². The van der Waals surface area contributed by atoms with Gasteiger partial charge in [0.1, 0.15) is 17.5 Å². The molecule has 0 N–H and O–H groups in total. The van der Waals surface area contributed by atoms with Crippen molar-refractivity contribution in [3.05, 3.63) is 113 Å². The van der Waals surface area contributed by atoms with Gasteiger partial charge in [-0.05, 0) is 98.1 Å². The van der Waals surface area contributed by atoms with E-state index in [1.165, 1.54) is 34.9 Å². The van der Waals surface area contributed by atoms with E-state index in [1.807, 2.05) is 6.07 Å². The van der Waals surface area contributed by atoms with Gasteiger partial charge in [-0.3, -0.25) is 9.13 Å². The van der Waals surface area contributed by atoms with Gasteiger partial charge in [-0.2, -0.15) is 0 Å². The van der Waals surface area contributed by atoms with Crippen molar-refractivity contribution in [1.82, 2.24) is 14.0 Å². The number of piperidine rings is 1. The number of nitrogens with zero attached hydrogens (tertiary/aromatic N) is 4. The van der Waals surface area contributed by atoms with Crippen LogP contribution in [-0.2, 0) is 6.54 Å². The van der Waals surface area contributed by atoms with Gasteiger partial charge in [0.25, 0.3) is 0 Å². The fourth-order valence-electron chi connectivity index (χ4n) is 5.98. The second kappa shape index (κ2) is 10.2. The van der Waals surface area contributed by atoms with E-state index >= 15 is 0 Å². The zero-order valence-electron chi connectivity index (χ0n) is 20.9. The second-order valence-electron chi connectivity index (χ2n) is 10.1. The van der Waals surface area contributed by atoms with Crippen LogP contribution in [0.15, 0.2) is 83.9 Å². The third-order valence-electron chi connectivity index (χ3n) is 7.82. The van der Waals surface area contributed by atoms with Crippen molar-refractivity contribution in [2.75, 3.05) is 24.5 Å². The minimum Gasteiger partial charge on any atom is -0.337 e. The molecule has 0 radical (unpaired) electrons. The first kappa shape index (κ1) is 24.6. The molecule has 2 aliphatic heterocycles. The molecule has 4 aromatic rings. The Kier molecular flexibility index (Phi) is 6.57. The summed E-state index contributed by atoms with van der Waals surface area (Å²) in [4.78, 5) is 17.4. The minimum atomic E-state index is -0.334. The van der Waals surface area contributed by atoms with Gasteiger partial charge >= 0.3 is 5.69 Å². The summed E-state index contributed by atoms with van der Waals surface area (Å²) in [7, 11) is 0. The molecule has 1 fully saturated rings. The standard InChI is InChI=1S/C30H29F3N4O/c31-21-3-8-24(9-4-21)36-18-17-35(30(36)38)15-2-1-14-34-16-13-29-27(20-34)26-19-23(33)7-12-28(26)37(29)25-10-5-22(32)6-11-25/h3-12,17-19,27,29H,1-2,13-16,20H2/t27-,29+/m0/s1. The molecule has 0 amide bonds. The van der Waals surface area contributed by atoms with E-state index in [9.17, 15) is 18.0 Å². The van der Waals surface area contributed by atoms with E-state index in [0.29, 0.717) is 12.2 Å². The van der Waals surface area contributed by atoms with Crippen molar-refractivity contribution >= 4 is 11.4 Å². The van der Waals surface area contributed by atoms with Crippen LogP contribution in [0.25, 0.3) is 5.69 Å². The second-order valence-corrected chi connectivity index (χ2v) is 10.1. The highest BCUT2D eigenvalue weighted by Gasteiger charge is 2.42. The lowest BCUT2D eigenvalue weighted by molar-refractivity contribution is 0.192. The average Bonchev–Trinajstić information content (AvgIpc) is 3.44. The number of hydrogen-bond donors (Lipinski definition) is 0. The Morgan fingerprint density at radius 3 is 2.16 bits per heavy atom. The minimum absolute atomic E-state index is 0.136. The van der Waals surface area contributed by atoms with Crippen LogP contribution in [0.4, 0.5) is 24.5 Å². The maximum atomic E-state index is 14.2. The molecule has 3 aromatic carbocycles. The highest BCUT2D eigenvalue weighted by Crippen LogP contribution is 2.48. The monoisotopic (exact) mass is 518 g/mol. The van der Waals surface area contributed by atoms with Crippen LogP contribution in [0, 0.1) is 17.5 Å². The fourth-order valence-corrected chi connectivity index (χ4v) is 5.98. The van der Waals surface area contributed by atoms with Gasteiger partial charge < -0.3 is 9.80 Å². The number of rotatable bonds is 7. The number of imidazole rings is 1. The lowest BCUT2D eigenvalue weighted by atomic mass is 9.89. The summed E-state index contributed by atoms with van der Waals surface area (Å²) in [5.41, 5.74) is 3.44. The summed E-state index contributed by atoms with van der Waals surface area (Å²) >= 11 is 0. The molecule has 2 atom stereocenters. The van der Waals surface area contributed by atoms with Gasteiger partial charge in [-0.1, -0.05) is 0 Å². The normalized spacial score (nSPS) is 19.0. The molecule has 1 aromatic heterocycles. The van der Waals surface area contributed by atoms with Crippen molar-refractivity contribution in [2.24, 2.45) is 0 Å². The molecular formula is C30H29F3N4O. The maximum absolute atomic E-state index is 14.2. The van der Waals surface area contributed by atoms with Crippen LogP contribution < -0.4 is 10.6 Å². The van der Waals surface area contributed by atoms with Crippen molar-refractivity contribution in [3.8, 4) is 5.69 Å². The third kappa shape index (κ3) is 4.65. The van der Waals surface area contributed by atoms with Crippen LogP contribution in [-0.4, -0.2) is 39.7 Å². The molecule has 6 rings (SSSR count). The quantitative estimate of drug-likeness (QED) is 0.288. The molecule has 5 nitrogen and oxygen atoms in total. The van der Waals surface area contributed by atoms with Crippen molar-refractivity contribution in [2.45, 2.75) is 37.8 Å². The Balaban J connectivity index is 1.09. The van der Waals surface area contributed by atoms with Crippen LogP contribution in [0.2, 0.25) is 0 Å². The Bertz CT molecular complexity index is 1480. The topological polar surface area (TPSA) is 33.4 Å². The average molecular weight is 519 g/mol. The number of likely N-dealkylation sites (tertiary alicyclic amines) is 1. The first-order valence-electron chi connectivity index (χ1n) is 13.1. The number of anilines is 2. The Morgan fingerprint density at radius 1 is 0.763 bits per heavy atom. The highest BCUT2D eigenvalue weighted by molar-refractivity contribution is 5.73. The number of fused-ring (bicyclic) bond motifs is 3. The predicted octanol–water partition coefficient (Wildman–Crippen LogP) is 5.85. The zero-order chi connectivity index (χ0) is 26.2. The van der Waals surface area contributed by atoms with E-state index in [0.717, 1.165) is 55.8 Å². The first-order chi connectivity index (χ1) is 18.5. The highest BCUT2D eigenvalue weighted by atomic mass is 19.1. The Labute approximate surface area is 219 Å². The molecule has 3 heterocycles. The summed E-state index contributed by atoms with van der Waals surface area (Å²) < 4.78 is 44.2. The number of halogens is 3. The van der Waals surface area contributed by atoms with E-state index in [2.05, 4.69) is 9.80 Å². The third-order valence-corrected chi connectivity index (χ3v) is 7.82. The van der Waals surface area contributed by atoms with Crippen LogP contribution >= 0.6 is 0 Å². The summed E-state index contributed by atoms with van der Waals surface area (Å²) in [5.74, 6) is -0.668. The molecule has 2 aliphatic rings. The van der Waals surface area contributed by atoms with Crippen LogP contribution in [0.1, 0.15) is 30.7 Å². The molecule has 8 heteroatoms. The molecule has 196 valence electrons. The Morgan fingerprint density at radius 2 is 1.42 bits per heavy atom. The molecule has 0 aliphatic carbocycles. The number of aromatic nitrogens is 2. The number of aryl methyl sites for hydroxylation is 1. The van der Waals surface area contributed by atoms with Gasteiger partial charge in [-0.25, -0.2) is 18.0 Å². The zero-order valence-corrected chi connectivity index (χ0v) is 20.9. The largest absolute Gasteiger partial charge is 0.337 e. The van der Waals surface area contributed by atoms with Gasteiger partial charge in [0.05, 0.1) is 5.69 Å². The summed E-state index contributed by atoms with van der Waals surface area (Å²) in [5, 5.41) is 0. The molecule has 0 spiro atoms. The van der Waals surface area contributed by atoms with Crippen LogP contribution in [0.5, 0.6) is 0 Å². The molecule has 0 bridgehead atoms. The van der Waals surface area contributed by atoms with E-state index in [4.69, 9.17) is 0 Å². The maximum Gasteiger partial charge on any atom is 0.332 e. The molecule has 0 saturated carbocycles. The lowest BCUT2D eigenvalue weighted by Crippen LogP contribution is -2.45. The summed E-state index contributed by atoms with van der Waals surface area (Å²) in [6, 6.07) is 17.6. The lowest BCUT2D eigenvalue weighted by Gasteiger charge is -2.39. The van der Waals surface area contributed by atoms with E-state index in [1.54, 1.807) is 47.3 Å². The van der Waals surface area contributed by atoms with Gasteiger partial charge in [0.2, 0.25) is 0 Å². The summed E-state index contributed by atoms with van der Waals surface area (Å²) in [6.07, 6.45) is 6.20.